The van der Waals surface area contributed by atoms with Crippen LogP contribution in [0.25, 0.3) is 0 Å². The van der Waals surface area contributed by atoms with Crippen molar-refractivity contribution in [2.45, 2.75) is 50.9 Å². The van der Waals surface area contributed by atoms with Crippen LogP contribution in [-0.4, -0.2) is 58.7 Å². The molecule has 0 spiro atoms. The molecule has 0 radical (unpaired) electrons. The molecule has 2 aromatic rings. The lowest BCUT2D eigenvalue weighted by Gasteiger charge is -2.45. The summed E-state index contributed by atoms with van der Waals surface area (Å²) in [6.45, 7) is 1.48. The molecule has 1 aliphatic rings. The molecule has 3 rings (SSSR count). The molecule has 36 heavy (non-hydrogen) atoms. The van der Waals surface area contributed by atoms with E-state index in [-0.39, 0.29) is 23.7 Å². The second kappa shape index (κ2) is 13.1. The van der Waals surface area contributed by atoms with Gasteiger partial charge in [-0.05, 0) is 36.8 Å². The summed E-state index contributed by atoms with van der Waals surface area (Å²) < 4.78 is 0. The average Bonchev–Trinajstić information content (AvgIpc) is 2.86. The lowest BCUT2D eigenvalue weighted by Crippen LogP contribution is -2.64. The van der Waals surface area contributed by atoms with Gasteiger partial charge in [0.1, 0.15) is 12.1 Å². The Labute approximate surface area is 212 Å². The molecule has 10 nitrogen and oxygen atoms in total. The van der Waals surface area contributed by atoms with Gasteiger partial charge in [0.2, 0.25) is 11.8 Å². The molecule has 2 aromatic carbocycles. The zero-order chi connectivity index (χ0) is 25.9. The number of aliphatic imine (C=N–C) groups is 2. The number of hydrogen-bond donors (Lipinski definition) is 4. The molecule has 0 aromatic heterocycles. The number of amides is 2. The quantitative estimate of drug-likeness (QED) is 0.195. The molecule has 1 fully saturated rings. The number of benzene rings is 2. The van der Waals surface area contributed by atoms with Gasteiger partial charge in [-0.1, -0.05) is 60.7 Å². The molecule has 0 bridgehead atoms. The minimum Gasteiger partial charge on any atom is -0.370 e. The number of carbonyl (C=O) groups is 2. The summed E-state index contributed by atoms with van der Waals surface area (Å²) in [6.07, 6.45) is 2.06. The third-order valence-corrected chi connectivity index (χ3v) is 6.14. The first-order valence-electron chi connectivity index (χ1n) is 12.2. The van der Waals surface area contributed by atoms with Crippen molar-refractivity contribution in [3.8, 4) is 0 Å². The molecule has 0 saturated carbocycles. The molecule has 1 heterocycles. The van der Waals surface area contributed by atoms with Crippen LogP contribution in [0.15, 0.2) is 70.6 Å². The van der Waals surface area contributed by atoms with Crippen LogP contribution < -0.4 is 22.9 Å². The van der Waals surface area contributed by atoms with Gasteiger partial charge in [0, 0.05) is 26.2 Å². The predicted octanol–water partition coefficient (Wildman–Crippen LogP) is 0.902. The Balaban J connectivity index is 1.89. The maximum Gasteiger partial charge on any atom is 0.246 e. The van der Waals surface area contributed by atoms with E-state index in [0.717, 1.165) is 11.1 Å². The van der Waals surface area contributed by atoms with E-state index < -0.39 is 12.1 Å². The maximum atomic E-state index is 13.9. The van der Waals surface area contributed by atoms with Crippen LogP contribution in [0, 0.1) is 0 Å². The van der Waals surface area contributed by atoms with E-state index in [1.165, 1.54) is 0 Å². The fraction of sp³-hybridized carbons (Fsp3) is 0.385. The van der Waals surface area contributed by atoms with E-state index in [0.29, 0.717) is 51.9 Å². The Morgan fingerprint density at radius 1 is 0.639 bits per heavy atom. The minimum atomic E-state index is -0.607. The topological polar surface area (TPSA) is 169 Å². The van der Waals surface area contributed by atoms with Gasteiger partial charge in [-0.25, -0.2) is 0 Å². The largest absolute Gasteiger partial charge is 0.370 e. The highest BCUT2D eigenvalue weighted by atomic mass is 16.2. The fourth-order valence-electron chi connectivity index (χ4n) is 4.44. The van der Waals surface area contributed by atoms with Crippen LogP contribution in [0.1, 0.15) is 36.8 Å². The van der Waals surface area contributed by atoms with Gasteiger partial charge in [-0.3, -0.25) is 19.6 Å². The highest BCUT2D eigenvalue weighted by Crippen LogP contribution is 2.28. The highest BCUT2D eigenvalue weighted by molar-refractivity contribution is 5.97. The summed E-state index contributed by atoms with van der Waals surface area (Å²) >= 11 is 0. The summed E-state index contributed by atoms with van der Waals surface area (Å²) in [7, 11) is 0. The zero-order valence-corrected chi connectivity index (χ0v) is 20.5. The summed E-state index contributed by atoms with van der Waals surface area (Å²) in [5.74, 6) is -0.140. The molecule has 8 N–H and O–H groups in total. The van der Waals surface area contributed by atoms with Gasteiger partial charge in [-0.2, -0.15) is 0 Å². The Morgan fingerprint density at radius 2 is 1.00 bits per heavy atom. The number of nitrogens with two attached hydrogens (primary N) is 4. The van der Waals surface area contributed by atoms with E-state index in [9.17, 15) is 9.59 Å². The second-order valence-electron chi connectivity index (χ2n) is 8.83. The standard InChI is InChI=1S/C26H36N8O2/c27-25(28)31-15-7-13-21-24(36)34(18-20-11-5-2-6-12-20)22(14-8-16-32-26(29)30)23(35)33(21)17-19-9-3-1-4-10-19/h1-6,9-12,21-22H,7-8,13-18H2,(H4,27,28,31)(H4,29,30,32)/t21-,22-/m0/s1. The number of hydrogen-bond acceptors (Lipinski definition) is 4. The summed E-state index contributed by atoms with van der Waals surface area (Å²) in [4.78, 5) is 39.4. The van der Waals surface area contributed by atoms with Gasteiger partial charge in [0.05, 0.1) is 0 Å². The van der Waals surface area contributed by atoms with Crippen LogP contribution in [0.4, 0.5) is 0 Å². The van der Waals surface area contributed by atoms with Crippen LogP contribution in [0.3, 0.4) is 0 Å². The van der Waals surface area contributed by atoms with Crippen LogP contribution in [0.2, 0.25) is 0 Å². The smallest absolute Gasteiger partial charge is 0.246 e. The Kier molecular flexibility index (Phi) is 9.67. The SMILES string of the molecule is NC(N)=NCCC[C@H]1C(=O)N(Cc2ccccc2)[C@@H](CCCN=C(N)N)C(=O)N1Cc1ccccc1. The van der Waals surface area contributed by atoms with Crippen LogP contribution >= 0.6 is 0 Å². The van der Waals surface area contributed by atoms with Crippen molar-refractivity contribution in [1.29, 1.82) is 0 Å². The molecule has 0 unspecified atom stereocenters. The molecule has 192 valence electrons. The summed E-state index contributed by atoms with van der Waals surface area (Å²) in [6, 6.07) is 18.2. The molecule has 2 atom stereocenters. The third kappa shape index (κ3) is 7.46. The van der Waals surface area contributed by atoms with Crippen molar-refractivity contribution in [2.24, 2.45) is 32.9 Å². The molecule has 2 amide bonds. The molecule has 0 aliphatic carbocycles. The Hall–Kier alpha value is -4.08. The van der Waals surface area contributed by atoms with Crippen molar-refractivity contribution in [1.82, 2.24) is 9.80 Å². The van der Waals surface area contributed by atoms with Crippen molar-refractivity contribution < 1.29 is 9.59 Å². The van der Waals surface area contributed by atoms with E-state index in [4.69, 9.17) is 22.9 Å². The Bertz CT molecular complexity index is 965. The molecular weight excluding hydrogens is 456 g/mol. The van der Waals surface area contributed by atoms with Crippen LogP contribution in [-0.2, 0) is 22.7 Å². The monoisotopic (exact) mass is 492 g/mol. The zero-order valence-electron chi connectivity index (χ0n) is 20.5. The highest BCUT2D eigenvalue weighted by Gasteiger charge is 2.45. The molecule has 1 saturated heterocycles. The first-order chi connectivity index (χ1) is 17.4. The summed E-state index contributed by atoms with van der Waals surface area (Å²) in [5.41, 5.74) is 23.7. The van der Waals surface area contributed by atoms with Crippen molar-refractivity contribution in [3.05, 3.63) is 71.8 Å². The molecule has 10 heteroatoms. The van der Waals surface area contributed by atoms with Gasteiger partial charge >= 0.3 is 0 Å². The number of piperazine rings is 1. The van der Waals surface area contributed by atoms with Crippen molar-refractivity contribution >= 4 is 23.7 Å². The average molecular weight is 493 g/mol. The Morgan fingerprint density at radius 3 is 1.33 bits per heavy atom. The number of nitrogens with zero attached hydrogens (tertiary/aromatic N) is 4. The normalized spacial score (nSPS) is 17.7. The maximum absolute atomic E-state index is 13.9. The van der Waals surface area contributed by atoms with Gasteiger partial charge in [-0.15, -0.1) is 0 Å². The van der Waals surface area contributed by atoms with Gasteiger partial charge in [0.25, 0.3) is 0 Å². The summed E-state index contributed by atoms with van der Waals surface area (Å²) in [5, 5.41) is 0. The van der Waals surface area contributed by atoms with E-state index >= 15 is 0 Å². The van der Waals surface area contributed by atoms with Gasteiger partial charge < -0.3 is 32.7 Å². The molecule has 1 aliphatic heterocycles. The third-order valence-electron chi connectivity index (χ3n) is 6.14. The lowest BCUT2D eigenvalue weighted by atomic mass is 9.96. The van der Waals surface area contributed by atoms with Gasteiger partial charge in [0.15, 0.2) is 11.9 Å². The predicted molar refractivity (Wildman–Crippen MR) is 141 cm³/mol. The van der Waals surface area contributed by atoms with E-state index in [2.05, 4.69) is 9.98 Å². The van der Waals surface area contributed by atoms with E-state index in [1.807, 2.05) is 60.7 Å². The number of carbonyl (C=O) groups excluding carboxylic acids is 2. The molecular formula is C26H36N8O2. The van der Waals surface area contributed by atoms with Crippen LogP contribution in [0.5, 0.6) is 0 Å². The van der Waals surface area contributed by atoms with Crippen molar-refractivity contribution in [2.75, 3.05) is 13.1 Å². The first kappa shape index (κ1) is 26.5. The van der Waals surface area contributed by atoms with Crippen molar-refractivity contribution in [3.63, 3.8) is 0 Å². The fourth-order valence-corrected chi connectivity index (χ4v) is 4.44. The first-order valence-corrected chi connectivity index (χ1v) is 12.2. The second-order valence-corrected chi connectivity index (χ2v) is 8.83. The number of rotatable bonds is 12. The minimum absolute atomic E-state index is 0.00809. The van der Waals surface area contributed by atoms with E-state index in [1.54, 1.807) is 9.80 Å². The lowest BCUT2D eigenvalue weighted by molar-refractivity contribution is -0.164. The number of guanidine groups is 2.